The van der Waals surface area contributed by atoms with Gasteiger partial charge >= 0.3 is 5.97 Å². The fourth-order valence-corrected chi connectivity index (χ4v) is 9.27. The van der Waals surface area contributed by atoms with Gasteiger partial charge in [0, 0.05) is 54.8 Å². The van der Waals surface area contributed by atoms with Crippen molar-refractivity contribution in [3.63, 3.8) is 0 Å². The Balaban J connectivity index is 1.13. The number of carbonyl (C=O) groups is 4. The molecular weight excluding hydrogens is 758 g/mol. The Kier molecular flexibility index (Phi) is 11.9. The summed E-state index contributed by atoms with van der Waals surface area (Å²) in [4.78, 5) is 55.0. The van der Waals surface area contributed by atoms with Crippen molar-refractivity contribution in [2.45, 2.75) is 145 Å². The molecule has 16 nitrogen and oxygen atoms in total. The fraction of sp³-hybridized carbons (Fsp3) is 0.619. The normalized spacial score (nSPS) is 36.3. The number of carbonyl (C=O) groups excluding carboxylic acids is 4. The zero-order chi connectivity index (χ0) is 42.0. The van der Waals surface area contributed by atoms with Gasteiger partial charge in [-0.2, -0.15) is 0 Å². The number of Topliss-reactive ketones (excluding diaryl/α,β-unsaturated/α-hetero) is 1. The van der Waals surface area contributed by atoms with Crippen LogP contribution in [-0.2, 0) is 42.7 Å². The Labute approximate surface area is 336 Å². The number of methoxy groups -OCH3 is 1. The first kappa shape index (κ1) is 42.3. The lowest BCUT2D eigenvalue weighted by Gasteiger charge is -2.48. The van der Waals surface area contributed by atoms with Gasteiger partial charge in [0.2, 0.25) is 5.78 Å². The first-order valence-electron chi connectivity index (χ1n) is 19.9. The summed E-state index contributed by atoms with van der Waals surface area (Å²) < 4.78 is 42.6. The number of phenolic OH excluding ortho intramolecular Hbond substituents is 2. The molecule has 0 unspecified atom stereocenters. The lowest BCUT2D eigenvalue weighted by Crippen LogP contribution is -2.58. The molecule has 0 amide bonds. The molecular formula is C42H53NO15. The summed E-state index contributed by atoms with van der Waals surface area (Å²) in [6, 6.07) is 5.11. The monoisotopic (exact) mass is 811 g/mol. The van der Waals surface area contributed by atoms with Crippen molar-refractivity contribution in [2.75, 3.05) is 21.2 Å². The van der Waals surface area contributed by atoms with Gasteiger partial charge in [0.15, 0.2) is 30.4 Å². The number of aliphatic hydroxyl groups excluding tert-OH is 1. The van der Waals surface area contributed by atoms with Gasteiger partial charge < -0.3 is 58.5 Å². The molecule has 16 heteroatoms. The number of fused-ring (bicyclic) bond motifs is 3. The zero-order valence-corrected chi connectivity index (χ0v) is 33.7. The Hall–Kier alpha value is -3.84. The van der Waals surface area contributed by atoms with Gasteiger partial charge in [-0.1, -0.05) is 19.1 Å². The van der Waals surface area contributed by atoms with Crippen molar-refractivity contribution in [3.05, 3.63) is 57.6 Å². The molecule has 3 fully saturated rings. The van der Waals surface area contributed by atoms with E-state index in [0.717, 1.165) is 0 Å². The van der Waals surface area contributed by atoms with Crippen molar-refractivity contribution < 1.29 is 72.8 Å². The predicted molar refractivity (Wildman–Crippen MR) is 201 cm³/mol. The van der Waals surface area contributed by atoms with Crippen LogP contribution in [0, 0.1) is 0 Å². The second kappa shape index (κ2) is 16.3. The van der Waals surface area contributed by atoms with Crippen LogP contribution in [0.25, 0.3) is 0 Å². The predicted octanol–water partition coefficient (Wildman–Crippen LogP) is 3.16. The molecule has 0 spiro atoms. The van der Waals surface area contributed by atoms with E-state index in [0.29, 0.717) is 12.8 Å². The lowest BCUT2D eigenvalue weighted by atomic mass is 9.67. The van der Waals surface area contributed by atoms with E-state index in [-0.39, 0.29) is 70.9 Å². The summed E-state index contributed by atoms with van der Waals surface area (Å²) in [7, 11) is 4.91. The number of ether oxygens (including phenoxy) is 7. The van der Waals surface area contributed by atoms with Crippen LogP contribution in [0.1, 0.15) is 121 Å². The summed E-state index contributed by atoms with van der Waals surface area (Å²) in [5.74, 6) is -4.59. The molecule has 0 radical (unpaired) electrons. The molecule has 2 aliphatic carbocycles. The molecule has 58 heavy (non-hydrogen) atoms. The number of likely N-dealkylation sites (N-methyl/N-ethyl adjacent to an activating group) is 1. The van der Waals surface area contributed by atoms with Crippen LogP contribution in [0.5, 0.6) is 11.5 Å². The van der Waals surface area contributed by atoms with Crippen LogP contribution in [-0.4, -0.2) is 137 Å². The average molecular weight is 812 g/mol. The number of aliphatic hydroxyl groups is 2. The van der Waals surface area contributed by atoms with Gasteiger partial charge in [-0.25, -0.2) is 0 Å². The van der Waals surface area contributed by atoms with Gasteiger partial charge in [-0.15, -0.1) is 0 Å². The number of aromatic hydroxyl groups is 2. The second-order valence-corrected chi connectivity index (χ2v) is 16.3. The number of benzene rings is 2. The number of ketones is 3. The Bertz CT molecular complexity index is 1940. The number of hydrogen-bond acceptors (Lipinski definition) is 16. The third kappa shape index (κ3) is 7.47. The largest absolute Gasteiger partial charge is 0.507 e. The third-order valence-corrected chi connectivity index (χ3v) is 12.4. The maximum Gasteiger partial charge on any atom is 0.316 e. The fourth-order valence-electron chi connectivity index (χ4n) is 9.27. The summed E-state index contributed by atoms with van der Waals surface area (Å²) in [5, 5.41) is 45.9. The highest BCUT2D eigenvalue weighted by Crippen LogP contribution is 2.54. The van der Waals surface area contributed by atoms with E-state index >= 15 is 0 Å². The Morgan fingerprint density at radius 1 is 0.897 bits per heavy atom. The highest BCUT2D eigenvalue weighted by Gasteiger charge is 2.53. The van der Waals surface area contributed by atoms with Gasteiger partial charge in [0.25, 0.3) is 0 Å². The summed E-state index contributed by atoms with van der Waals surface area (Å²) in [6.45, 7) is 6.95. The first-order valence-corrected chi connectivity index (χ1v) is 19.9. The SMILES string of the molecule is CC[C@@]1(O)C[C@H](O[C@@H]2C[C@H](N(C)C)[C@H](O[C@@H]3C[C@H](O)[C@H](O[C@@H]4CCC(=O)[C@H](C)O4)[C@@H](C)O3)[C@H](C)O2)c2c(cc3c(c2O)C(=O)c2c(O)cccc2C3=O)[C@H]1C(=O)OC. The third-order valence-electron chi connectivity index (χ3n) is 12.4. The van der Waals surface area contributed by atoms with E-state index in [2.05, 4.69) is 0 Å². The minimum Gasteiger partial charge on any atom is -0.507 e. The van der Waals surface area contributed by atoms with Crippen LogP contribution >= 0.6 is 0 Å². The van der Waals surface area contributed by atoms with E-state index in [1.165, 1.54) is 31.4 Å². The molecule has 0 bridgehead atoms. The standard InChI is InChI=1S/C42H53NO15/c1-8-42(51)17-28(33-22(35(42)41(50)52-7)14-23-34(38(33)49)37(48)32-21(36(23)47)10-9-11-26(32)45)56-30-15-24(43(5)6)39(19(3)54-30)58-31-16-27(46)40(20(4)55-31)57-29-13-12-25(44)18(2)53-29/h9-11,14,18-20,24,27-31,35,39-40,45-46,49,51H,8,12-13,15-17H2,1-7H3/t18-,19-,20+,24-,27-,28-,29+,30+,31+,35-,39+,40+,42+/m0/s1. The molecule has 7 rings (SSSR count). The van der Waals surface area contributed by atoms with Gasteiger partial charge in [0.05, 0.1) is 48.3 Å². The van der Waals surface area contributed by atoms with Gasteiger partial charge in [-0.05, 0) is 59.0 Å². The number of nitrogens with zero attached hydrogens (tertiary/aromatic N) is 1. The highest BCUT2D eigenvalue weighted by molar-refractivity contribution is 6.30. The van der Waals surface area contributed by atoms with E-state index in [4.69, 9.17) is 33.2 Å². The molecule has 0 saturated carbocycles. The van der Waals surface area contributed by atoms with Crippen LogP contribution in [0.2, 0.25) is 0 Å². The minimum atomic E-state index is -1.76. The first-order chi connectivity index (χ1) is 27.5. The van der Waals surface area contributed by atoms with E-state index < -0.39 is 102 Å². The molecule has 4 N–H and O–H groups in total. The summed E-state index contributed by atoms with van der Waals surface area (Å²) in [5.41, 5.74) is -2.49. The molecule has 3 heterocycles. The topological polar surface area (TPSA) is 217 Å². The molecule has 2 aromatic rings. The molecule has 5 aliphatic rings. The molecule has 3 aliphatic heterocycles. The van der Waals surface area contributed by atoms with Gasteiger partial charge in [-0.3, -0.25) is 19.2 Å². The quantitative estimate of drug-likeness (QED) is 0.228. The average Bonchev–Trinajstić information content (AvgIpc) is 3.17. The van der Waals surface area contributed by atoms with Crippen LogP contribution in [0.3, 0.4) is 0 Å². The number of rotatable bonds is 9. The molecule has 13 atom stereocenters. The maximum absolute atomic E-state index is 13.9. The highest BCUT2D eigenvalue weighted by atomic mass is 16.7. The lowest BCUT2D eigenvalue weighted by molar-refractivity contribution is -0.324. The smallest absolute Gasteiger partial charge is 0.316 e. The van der Waals surface area contributed by atoms with Crippen LogP contribution in [0.4, 0.5) is 0 Å². The van der Waals surface area contributed by atoms with Crippen LogP contribution in [0.15, 0.2) is 24.3 Å². The molecule has 3 saturated heterocycles. The Morgan fingerprint density at radius 2 is 1.57 bits per heavy atom. The van der Waals surface area contributed by atoms with Crippen molar-refractivity contribution in [2.24, 2.45) is 0 Å². The van der Waals surface area contributed by atoms with E-state index in [1.807, 2.05) is 19.0 Å². The van der Waals surface area contributed by atoms with Gasteiger partial charge in [0.1, 0.15) is 35.7 Å². The number of hydrogen-bond donors (Lipinski definition) is 4. The van der Waals surface area contributed by atoms with E-state index in [9.17, 15) is 39.6 Å². The van der Waals surface area contributed by atoms with Crippen LogP contribution < -0.4 is 0 Å². The molecule has 316 valence electrons. The van der Waals surface area contributed by atoms with Crippen molar-refractivity contribution >= 4 is 23.3 Å². The molecule has 0 aromatic heterocycles. The zero-order valence-electron chi connectivity index (χ0n) is 33.7. The molecule has 2 aromatic carbocycles. The number of esters is 1. The maximum atomic E-state index is 13.9. The minimum absolute atomic E-state index is 0.00573. The second-order valence-electron chi connectivity index (χ2n) is 16.3. The van der Waals surface area contributed by atoms with E-state index in [1.54, 1.807) is 27.7 Å². The summed E-state index contributed by atoms with van der Waals surface area (Å²) in [6.07, 6.45) is -6.64. The van der Waals surface area contributed by atoms with Crippen molar-refractivity contribution in [3.8, 4) is 11.5 Å². The Morgan fingerprint density at radius 3 is 2.21 bits per heavy atom. The number of phenols is 2. The van der Waals surface area contributed by atoms with Crippen molar-refractivity contribution in [1.82, 2.24) is 4.90 Å². The summed E-state index contributed by atoms with van der Waals surface area (Å²) >= 11 is 0. The van der Waals surface area contributed by atoms with Crippen molar-refractivity contribution in [1.29, 1.82) is 0 Å².